The molecule has 0 aliphatic rings. The predicted molar refractivity (Wildman–Crippen MR) is 125 cm³/mol. The molecule has 4 rings (SSSR count). The molecule has 32 heavy (non-hydrogen) atoms. The Bertz CT molecular complexity index is 1290. The van der Waals surface area contributed by atoms with Crippen LogP contribution in [-0.4, -0.2) is 30.9 Å². The van der Waals surface area contributed by atoms with Crippen molar-refractivity contribution in [3.8, 4) is 5.69 Å². The van der Waals surface area contributed by atoms with Crippen molar-refractivity contribution < 1.29 is 9.18 Å². The first-order valence-corrected chi connectivity index (χ1v) is 11.5. The lowest BCUT2D eigenvalue weighted by molar-refractivity contribution is 0.102. The summed E-state index contributed by atoms with van der Waals surface area (Å²) in [7, 11) is 0. The van der Waals surface area contributed by atoms with Crippen LogP contribution in [0.3, 0.4) is 0 Å². The van der Waals surface area contributed by atoms with Crippen LogP contribution < -0.4 is 5.32 Å². The Labute approximate surface area is 200 Å². The van der Waals surface area contributed by atoms with Gasteiger partial charge in [-0.25, -0.2) is 19.0 Å². The summed E-state index contributed by atoms with van der Waals surface area (Å²) in [6, 6.07) is 11.5. The first-order chi connectivity index (χ1) is 15.4. The maximum Gasteiger partial charge on any atom is 0.278 e. The number of amides is 1. The van der Waals surface area contributed by atoms with Crippen LogP contribution in [0.2, 0.25) is 5.02 Å². The van der Waals surface area contributed by atoms with Gasteiger partial charge in [-0.3, -0.25) is 4.79 Å². The van der Waals surface area contributed by atoms with E-state index in [0.29, 0.717) is 31.8 Å². The molecule has 0 aliphatic carbocycles. The van der Waals surface area contributed by atoms with Crippen molar-refractivity contribution in [1.82, 2.24) is 25.0 Å². The number of carbonyl (C=O) groups is 1. The highest BCUT2D eigenvalue weighted by molar-refractivity contribution is 9.10. The fourth-order valence-electron chi connectivity index (χ4n) is 2.79. The van der Waals surface area contributed by atoms with Crippen LogP contribution >= 0.6 is 39.3 Å². The fourth-order valence-corrected chi connectivity index (χ4v) is 4.10. The molecular weight excluding hydrogens is 519 g/mol. The highest BCUT2D eigenvalue weighted by Crippen LogP contribution is 2.26. The van der Waals surface area contributed by atoms with E-state index in [0.717, 1.165) is 5.56 Å². The van der Waals surface area contributed by atoms with Gasteiger partial charge in [-0.2, -0.15) is 0 Å². The summed E-state index contributed by atoms with van der Waals surface area (Å²) in [6.07, 6.45) is 3.27. The Morgan fingerprint density at radius 1 is 1.22 bits per heavy atom. The van der Waals surface area contributed by atoms with Crippen molar-refractivity contribution in [3.63, 3.8) is 0 Å². The standard InChI is InChI=1S/C21H15BrClFN6OS/c1-12-3-5-14(10-15(12)23)30-18(11-32-21-25-7-2-8-26-21)19(28-29-30)20(31)27-17-6-4-13(22)9-16(17)24/h2-10H,11H2,1H3,(H,27,31). The summed E-state index contributed by atoms with van der Waals surface area (Å²) in [4.78, 5) is 21.4. The highest BCUT2D eigenvalue weighted by Gasteiger charge is 2.22. The molecule has 0 bridgehead atoms. The molecule has 1 N–H and O–H groups in total. The highest BCUT2D eigenvalue weighted by atomic mass is 79.9. The third-order valence-electron chi connectivity index (χ3n) is 4.44. The molecule has 4 aromatic rings. The monoisotopic (exact) mass is 532 g/mol. The van der Waals surface area contributed by atoms with Crippen molar-refractivity contribution in [2.45, 2.75) is 17.8 Å². The summed E-state index contributed by atoms with van der Waals surface area (Å²) in [5, 5.41) is 11.9. The first kappa shape index (κ1) is 22.4. The molecule has 0 saturated carbocycles. The lowest BCUT2D eigenvalue weighted by Gasteiger charge is -2.10. The van der Waals surface area contributed by atoms with E-state index in [1.807, 2.05) is 19.1 Å². The van der Waals surface area contributed by atoms with Crippen LogP contribution in [0.4, 0.5) is 10.1 Å². The van der Waals surface area contributed by atoms with E-state index in [-0.39, 0.29) is 11.4 Å². The van der Waals surface area contributed by atoms with Gasteiger partial charge in [0.15, 0.2) is 10.9 Å². The van der Waals surface area contributed by atoms with Crippen LogP contribution in [0.5, 0.6) is 0 Å². The molecule has 0 spiro atoms. The fraction of sp³-hybridized carbons (Fsp3) is 0.0952. The molecule has 162 valence electrons. The number of aromatic nitrogens is 5. The second kappa shape index (κ2) is 9.76. The minimum atomic E-state index is -0.583. The van der Waals surface area contributed by atoms with Gasteiger partial charge in [-0.15, -0.1) is 5.10 Å². The molecule has 0 saturated heterocycles. The van der Waals surface area contributed by atoms with Crippen molar-refractivity contribution in [2.24, 2.45) is 0 Å². The Balaban J connectivity index is 1.69. The second-order valence-electron chi connectivity index (χ2n) is 6.63. The minimum absolute atomic E-state index is 0.0381. The first-order valence-electron chi connectivity index (χ1n) is 9.29. The lowest BCUT2D eigenvalue weighted by atomic mass is 10.2. The average molecular weight is 534 g/mol. The third-order valence-corrected chi connectivity index (χ3v) is 6.22. The smallest absolute Gasteiger partial charge is 0.278 e. The topological polar surface area (TPSA) is 85.6 Å². The van der Waals surface area contributed by atoms with Gasteiger partial charge in [0.2, 0.25) is 0 Å². The third kappa shape index (κ3) is 4.98. The summed E-state index contributed by atoms with van der Waals surface area (Å²) in [5.41, 5.74) is 2.15. The van der Waals surface area contributed by atoms with E-state index in [1.165, 1.54) is 28.6 Å². The van der Waals surface area contributed by atoms with E-state index in [4.69, 9.17) is 11.6 Å². The van der Waals surface area contributed by atoms with Gasteiger partial charge in [-0.1, -0.05) is 50.6 Å². The summed E-state index contributed by atoms with van der Waals surface area (Å²) in [6.45, 7) is 1.89. The zero-order valence-corrected chi connectivity index (χ0v) is 19.7. The zero-order chi connectivity index (χ0) is 22.7. The number of hydrogen-bond donors (Lipinski definition) is 1. The molecule has 0 fully saturated rings. The Morgan fingerprint density at radius 3 is 2.72 bits per heavy atom. The number of nitrogens with zero attached hydrogens (tertiary/aromatic N) is 5. The van der Waals surface area contributed by atoms with Gasteiger partial charge >= 0.3 is 0 Å². The lowest BCUT2D eigenvalue weighted by Crippen LogP contribution is -2.16. The van der Waals surface area contributed by atoms with Crippen molar-refractivity contribution in [2.75, 3.05) is 5.32 Å². The number of benzene rings is 2. The van der Waals surface area contributed by atoms with Crippen molar-refractivity contribution >= 4 is 50.9 Å². The van der Waals surface area contributed by atoms with Crippen LogP contribution in [-0.2, 0) is 5.75 Å². The molecule has 7 nitrogen and oxygen atoms in total. The van der Waals surface area contributed by atoms with E-state index in [2.05, 4.69) is 41.5 Å². The van der Waals surface area contributed by atoms with E-state index in [9.17, 15) is 9.18 Å². The molecule has 11 heteroatoms. The van der Waals surface area contributed by atoms with Crippen LogP contribution in [0.1, 0.15) is 21.7 Å². The van der Waals surface area contributed by atoms with Gasteiger partial charge in [0, 0.05) is 27.6 Å². The van der Waals surface area contributed by atoms with Gasteiger partial charge in [0.25, 0.3) is 5.91 Å². The normalized spacial score (nSPS) is 10.9. The SMILES string of the molecule is Cc1ccc(-n2nnc(C(=O)Nc3ccc(Br)cc3F)c2CSc2ncccn2)cc1Cl. The number of hydrogen-bond acceptors (Lipinski definition) is 6. The second-order valence-corrected chi connectivity index (χ2v) is 8.89. The van der Waals surface area contributed by atoms with E-state index >= 15 is 0 Å². The molecular formula is C21H15BrClFN6OS. The molecule has 2 heterocycles. The summed E-state index contributed by atoms with van der Waals surface area (Å²) >= 11 is 10.8. The minimum Gasteiger partial charge on any atom is -0.318 e. The van der Waals surface area contributed by atoms with E-state index in [1.54, 1.807) is 30.6 Å². The summed E-state index contributed by atoms with van der Waals surface area (Å²) < 4.78 is 16.3. The quantitative estimate of drug-likeness (QED) is 0.261. The van der Waals surface area contributed by atoms with Crippen molar-refractivity contribution in [3.05, 3.63) is 87.1 Å². The zero-order valence-electron chi connectivity index (χ0n) is 16.6. The van der Waals surface area contributed by atoms with Crippen LogP contribution in [0.25, 0.3) is 5.69 Å². The number of anilines is 1. The molecule has 1 amide bonds. The average Bonchev–Trinajstić information content (AvgIpc) is 3.21. The van der Waals surface area contributed by atoms with Gasteiger partial charge in [0.05, 0.1) is 17.1 Å². The molecule has 0 unspecified atom stereocenters. The molecule has 2 aromatic heterocycles. The van der Waals surface area contributed by atoms with Gasteiger partial charge < -0.3 is 5.32 Å². The predicted octanol–water partition coefficient (Wildman–Crippen LogP) is 5.47. The number of thioether (sulfide) groups is 1. The van der Waals surface area contributed by atoms with Crippen LogP contribution in [0.15, 0.2) is 64.5 Å². The Kier molecular flexibility index (Phi) is 6.83. The Morgan fingerprint density at radius 2 is 2.00 bits per heavy atom. The molecule has 0 atom stereocenters. The van der Waals surface area contributed by atoms with Crippen LogP contribution in [0, 0.1) is 12.7 Å². The summed E-state index contributed by atoms with van der Waals surface area (Å²) in [5.74, 6) is -0.854. The maximum atomic E-state index is 14.2. The number of nitrogens with one attached hydrogen (secondary N) is 1. The van der Waals surface area contributed by atoms with Gasteiger partial charge in [-0.05, 0) is 48.9 Å². The number of carbonyl (C=O) groups excluding carboxylic acids is 1. The number of halogens is 3. The molecule has 0 aliphatic heterocycles. The molecule has 0 radical (unpaired) electrons. The van der Waals surface area contributed by atoms with E-state index < -0.39 is 11.7 Å². The van der Waals surface area contributed by atoms with Gasteiger partial charge in [0.1, 0.15) is 5.82 Å². The maximum absolute atomic E-state index is 14.2. The number of rotatable bonds is 6. The molecule has 2 aromatic carbocycles. The van der Waals surface area contributed by atoms with Crippen molar-refractivity contribution in [1.29, 1.82) is 0 Å². The number of aryl methyl sites for hydroxylation is 1. The Hall–Kier alpha value is -2.82. The largest absolute Gasteiger partial charge is 0.318 e.